The highest BCUT2D eigenvalue weighted by Crippen LogP contribution is 2.28. The monoisotopic (exact) mass is 193 g/mol. The lowest BCUT2D eigenvalue weighted by atomic mass is 10.1. The van der Waals surface area contributed by atoms with Gasteiger partial charge in [0.05, 0.1) is 13.7 Å². The van der Waals surface area contributed by atoms with Crippen LogP contribution in [0, 0.1) is 0 Å². The highest BCUT2D eigenvalue weighted by molar-refractivity contribution is 5.70. The molecule has 1 aliphatic heterocycles. The molecule has 0 aliphatic carbocycles. The predicted molar refractivity (Wildman–Crippen MR) is 50.2 cm³/mol. The molecule has 4 nitrogen and oxygen atoms in total. The number of nitrogens with one attached hydrogen (secondary N) is 1. The lowest BCUT2D eigenvalue weighted by Gasteiger charge is -2.11. The van der Waals surface area contributed by atoms with Crippen molar-refractivity contribution < 1.29 is 14.3 Å². The fraction of sp³-hybridized carbons (Fsp3) is 0.300. The molecule has 1 aromatic carbocycles. The zero-order valence-corrected chi connectivity index (χ0v) is 7.82. The number of hydrogen-bond donors (Lipinski definition) is 1. The molecule has 1 amide bonds. The Balaban J connectivity index is 2.27. The van der Waals surface area contributed by atoms with Crippen molar-refractivity contribution in [3.63, 3.8) is 0 Å². The topological polar surface area (TPSA) is 47.6 Å². The Morgan fingerprint density at radius 1 is 1.50 bits per heavy atom. The van der Waals surface area contributed by atoms with Crippen LogP contribution < -0.4 is 10.1 Å². The molecule has 1 saturated heterocycles. The van der Waals surface area contributed by atoms with Crippen molar-refractivity contribution in [2.75, 3.05) is 13.7 Å². The van der Waals surface area contributed by atoms with Gasteiger partial charge in [-0.1, -0.05) is 18.2 Å². The molecule has 1 atom stereocenters. The van der Waals surface area contributed by atoms with Crippen molar-refractivity contribution in [2.24, 2.45) is 0 Å². The largest absolute Gasteiger partial charge is 0.496 e. The molecule has 4 heteroatoms. The molecule has 1 heterocycles. The molecule has 1 N–H and O–H groups in total. The van der Waals surface area contributed by atoms with Gasteiger partial charge in [-0.3, -0.25) is 0 Å². The number of benzene rings is 1. The lowest BCUT2D eigenvalue weighted by Crippen LogP contribution is -2.12. The van der Waals surface area contributed by atoms with Crippen LogP contribution in [0.3, 0.4) is 0 Å². The lowest BCUT2D eigenvalue weighted by molar-refractivity contribution is 0.139. The second kappa shape index (κ2) is 3.57. The molecule has 0 bridgehead atoms. The van der Waals surface area contributed by atoms with Gasteiger partial charge in [0.15, 0.2) is 0 Å². The maximum atomic E-state index is 10.9. The summed E-state index contributed by atoms with van der Waals surface area (Å²) >= 11 is 0. The smallest absolute Gasteiger partial charge is 0.407 e. The van der Waals surface area contributed by atoms with Crippen molar-refractivity contribution >= 4 is 6.09 Å². The number of carbonyl (C=O) groups is 1. The molecule has 0 saturated carbocycles. The summed E-state index contributed by atoms with van der Waals surface area (Å²) in [6.07, 6.45) is -0.612. The first-order valence-electron chi connectivity index (χ1n) is 4.38. The van der Waals surface area contributed by atoms with Gasteiger partial charge in [0, 0.05) is 5.56 Å². The molecule has 0 spiro atoms. The zero-order chi connectivity index (χ0) is 9.97. The molecule has 2 rings (SSSR count). The summed E-state index contributed by atoms with van der Waals surface area (Å²) in [5.41, 5.74) is 0.897. The van der Waals surface area contributed by atoms with Crippen molar-refractivity contribution in [1.29, 1.82) is 0 Å². The van der Waals surface area contributed by atoms with Gasteiger partial charge in [0.25, 0.3) is 0 Å². The Labute approximate surface area is 81.8 Å². The van der Waals surface area contributed by atoms with Gasteiger partial charge < -0.3 is 14.8 Å². The summed E-state index contributed by atoms with van der Waals surface area (Å²) in [6.45, 7) is 0.499. The first kappa shape index (κ1) is 8.87. The van der Waals surface area contributed by atoms with Gasteiger partial charge in [-0.15, -0.1) is 0 Å². The summed E-state index contributed by atoms with van der Waals surface area (Å²) in [4.78, 5) is 10.9. The predicted octanol–water partition coefficient (Wildman–Crippen LogP) is 1.48. The standard InChI is InChI=1S/C10H11NO3/c1-13-8-5-3-2-4-7(8)9-6-11-10(12)14-9/h2-5,9H,6H2,1H3,(H,11,12)/t9-/m0/s1. The highest BCUT2D eigenvalue weighted by atomic mass is 16.6. The van der Waals surface area contributed by atoms with Crippen LogP contribution in [0.4, 0.5) is 4.79 Å². The number of amides is 1. The number of carbonyl (C=O) groups excluding carboxylic acids is 1. The van der Waals surface area contributed by atoms with E-state index in [0.29, 0.717) is 6.54 Å². The molecular weight excluding hydrogens is 182 g/mol. The molecule has 0 unspecified atom stereocenters. The van der Waals surface area contributed by atoms with Crippen LogP contribution in [-0.2, 0) is 4.74 Å². The summed E-state index contributed by atoms with van der Waals surface area (Å²) in [6, 6.07) is 7.52. The molecule has 74 valence electrons. The molecule has 1 aromatic rings. The van der Waals surface area contributed by atoms with Crippen molar-refractivity contribution in [2.45, 2.75) is 6.10 Å². The van der Waals surface area contributed by atoms with E-state index in [2.05, 4.69) is 5.32 Å². The number of alkyl carbamates (subject to hydrolysis) is 1. The summed E-state index contributed by atoms with van der Waals surface area (Å²) in [5.74, 6) is 0.744. The van der Waals surface area contributed by atoms with Crippen LogP contribution >= 0.6 is 0 Å². The normalized spacial score (nSPS) is 20.1. The van der Waals surface area contributed by atoms with Crippen LogP contribution in [-0.4, -0.2) is 19.7 Å². The van der Waals surface area contributed by atoms with Crippen molar-refractivity contribution in [3.8, 4) is 5.75 Å². The van der Waals surface area contributed by atoms with Crippen LogP contribution in [0.1, 0.15) is 11.7 Å². The average Bonchev–Trinajstić information content (AvgIpc) is 2.65. The van der Waals surface area contributed by atoms with Crippen LogP contribution in [0.25, 0.3) is 0 Å². The SMILES string of the molecule is COc1ccccc1[C@@H]1CNC(=O)O1. The van der Waals surface area contributed by atoms with Crippen molar-refractivity contribution in [1.82, 2.24) is 5.32 Å². The Kier molecular flexibility index (Phi) is 2.26. The van der Waals surface area contributed by atoms with E-state index in [-0.39, 0.29) is 12.2 Å². The maximum Gasteiger partial charge on any atom is 0.407 e. The number of methoxy groups -OCH3 is 1. The first-order chi connectivity index (χ1) is 6.81. The Bertz CT molecular complexity index is 351. The van der Waals surface area contributed by atoms with E-state index in [4.69, 9.17) is 9.47 Å². The summed E-state index contributed by atoms with van der Waals surface area (Å²) in [5, 5.41) is 2.60. The molecule has 0 radical (unpaired) electrons. The Morgan fingerprint density at radius 3 is 2.93 bits per heavy atom. The number of rotatable bonds is 2. The van der Waals surface area contributed by atoms with E-state index >= 15 is 0 Å². The van der Waals surface area contributed by atoms with Gasteiger partial charge in [-0.05, 0) is 6.07 Å². The number of cyclic esters (lactones) is 1. The maximum absolute atomic E-state index is 10.9. The molecular formula is C10H11NO3. The number of para-hydroxylation sites is 1. The van der Waals surface area contributed by atoms with E-state index in [1.54, 1.807) is 7.11 Å². The minimum atomic E-state index is -0.374. The molecule has 1 aliphatic rings. The van der Waals surface area contributed by atoms with Gasteiger partial charge in [0.1, 0.15) is 11.9 Å². The molecule has 1 fully saturated rings. The van der Waals surface area contributed by atoms with Crippen LogP contribution in [0.5, 0.6) is 5.75 Å². The Hall–Kier alpha value is -1.71. The van der Waals surface area contributed by atoms with Crippen molar-refractivity contribution in [3.05, 3.63) is 29.8 Å². The average molecular weight is 193 g/mol. The minimum absolute atomic E-state index is 0.237. The third-order valence-electron chi connectivity index (χ3n) is 2.17. The number of ether oxygens (including phenoxy) is 2. The quantitative estimate of drug-likeness (QED) is 0.773. The van der Waals surface area contributed by atoms with E-state index in [1.165, 1.54) is 0 Å². The van der Waals surface area contributed by atoms with Gasteiger partial charge in [0.2, 0.25) is 0 Å². The third kappa shape index (κ3) is 1.51. The summed E-state index contributed by atoms with van der Waals surface area (Å²) in [7, 11) is 1.60. The van der Waals surface area contributed by atoms with Gasteiger partial charge in [-0.25, -0.2) is 4.79 Å². The zero-order valence-electron chi connectivity index (χ0n) is 7.82. The fourth-order valence-electron chi connectivity index (χ4n) is 1.49. The molecule has 14 heavy (non-hydrogen) atoms. The molecule has 0 aromatic heterocycles. The first-order valence-corrected chi connectivity index (χ1v) is 4.38. The van der Waals surface area contributed by atoms with Crippen LogP contribution in [0.15, 0.2) is 24.3 Å². The van der Waals surface area contributed by atoms with Gasteiger partial charge in [-0.2, -0.15) is 0 Å². The highest BCUT2D eigenvalue weighted by Gasteiger charge is 2.26. The van der Waals surface area contributed by atoms with E-state index in [0.717, 1.165) is 11.3 Å². The van der Waals surface area contributed by atoms with Gasteiger partial charge >= 0.3 is 6.09 Å². The number of hydrogen-bond acceptors (Lipinski definition) is 3. The van der Waals surface area contributed by atoms with E-state index in [1.807, 2.05) is 24.3 Å². The fourth-order valence-corrected chi connectivity index (χ4v) is 1.49. The summed E-state index contributed by atoms with van der Waals surface area (Å²) < 4.78 is 10.2. The minimum Gasteiger partial charge on any atom is -0.496 e. The second-order valence-corrected chi connectivity index (χ2v) is 3.02. The third-order valence-corrected chi connectivity index (χ3v) is 2.17. The Morgan fingerprint density at radius 2 is 2.29 bits per heavy atom. The van der Waals surface area contributed by atoms with E-state index < -0.39 is 0 Å². The van der Waals surface area contributed by atoms with E-state index in [9.17, 15) is 4.79 Å². The van der Waals surface area contributed by atoms with Crippen LogP contribution in [0.2, 0.25) is 0 Å². The second-order valence-electron chi connectivity index (χ2n) is 3.02.